The molecule has 122 valence electrons. The second-order valence-electron chi connectivity index (χ2n) is 7.35. The quantitative estimate of drug-likeness (QED) is 0.913. The molecule has 4 rings (SSSR count). The summed E-state index contributed by atoms with van der Waals surface area (Å²) in [6.07, 6.45) is 11.8. The van der Waals surface area contributed by atoms with Crippen LogP contribution in [-0.2, 0) is 12.8 Å². The lowest BCUT2D eigenvalue weighted by Crippen LogP contribution is -2.38. The Morgan fingerprint density at radius 3 is 2.87 bits per heavy atom. The predicted molar refractivity (Wildman–Crippen MR) is 93.2 cm³/mol. The maximum Gasteiger partial charge on any atom is 0.0921 e. The van der Waals surface area contributed by atoms with Crippen molar-refractivity contribution in [2.45, 2.75) is 44.6 Å². The zero-order chi connectivity index (χ0) is 15.5. The van der Waals surface area contributed by atoms with E-state index >= 15 is 0 Å². The molecule has 0 bridgehead atoms. The van der Waals surface area contributed by atoms with E-state index in [1.165, 1.54) is 56.5 Å². The maximum absolute atomic E-state index is 4.12. The summed E-state index contributed by atoms with van der Waals surface area (Å²) in [4.78, 5) is 10.1. The van der Waals surface area contributed by atoms with Crippen molar-refractivity contribution >= 4 is 0 Å². The second kappa shape index (κ2) is 6.88. The van der Waals surface area contributed by atoms with E-state index in [-0.39, 0.29) is 0 Å². The van der Waals surface area contributed by atoms with Crippen molar-refractivity contribution in [3.63, 3.8) is 0 Å². The first-order valence-electron chi connectivity index (χ1n) is 9.14. The normalized spacial score (nSPS) is 27.9. The minimum atomic E-state index is 0.838. The largest absolute Gasteiger partial charge is 0.348 e. The van der Waals surface area contributed by atoms with E-state index in [1.54, 1.807) is 6.33 Å². The standard InChI is InChI=1S/C20H27N3/c1-2-4-16(5-3-1)12-17-6-7-20-18(13-17)8-10-23(20)11-9-19-14-21-15-22-19/h1-5,14-15,17-18,20H,6-13H2,(H,21,22)/t17-,18-,20+/m1/s1. The summed E-state index contributed by atoms with van der Waals surface area (Å²) in [5, 5.41) is 0. The van der Waals surface area contributed by atoms with Crippen LogP contribution in [0.4, 0.5) is 0 Å². The topological polar surface area (TPSA) is 31.9 Å². The highest BCUT2D eigenvalue weighted by atomic mass is 15.2. The van der Waals surface area contributed by atoms with Crippen LogP contribution in [0, 0.1) is 11.8 Å². The van der Waals surface area contributed by atoms with Crippen molar-refractivity contribution in [1.29, 1.82) is 0 Å². The van der Waals surface area contributed by atoms with Gasteiger partial charge < -0.3 is 4.98 Å². The zero-order valence-corrected chi connectivity index (χ0v) is 13.8. The summed E-state index contributed by atoms with van der Waals surface area (Å²) in [5.74, 6) is 1.82. The third-order valence-electron chi connectivity index (χ3n) is 5.90. The van der Waals surface area contributed by atoms with Gasteiger partial charge >= 0.3 is 0 Å². The fourth-order valence-electron chi connectivity index (χ4n) is 4.73. The second-order valence-corrected chi connectivity index (χ2v) is 7.35. The van der Waals surface area contributed by atoms with Gasteiger partial charge in [0.15, 0.2) is 0 Å². The molecule has 0 radical (unpaired) electrons. The van der Waals surface area contributed by atoms with Crippen molar-refractivity contribution in [2.75, 3.05) is 13.1 Å². The van der Waals surface area contributed by atoms with Gasteiger partial charge in [0.2, 0.25) is 0 Å². The SMILES string of the molecule is c1ccc(C[C@H]2CC[C@H]3[C@H](CCN3CCc3cnc[nH]3)C2)cc1. The van der Waals surface area contributed by atoms with Crippen LogP contribution in [-0.4, -0.2) is 34.0 Å². The number of likely N-dealkylation sites (tertiary alicyclic amines) is 1. The third kappa shape index (κ3) is 3.50. The van der Waals surface area contributed by atoms with E-state index in [1.807, 2.05) is 6.20 Å². The molecular formula is C20H27N3. The molecule has 23 heavy (non-hydrogen) atoms. The van der Waals surface area contributed by atoms with E-state index in [0.717, 1.165) is 24.3 Å². The lowest BCUT2D eigenvalue weighted by atomic mass is 9.76. The molecule has 0 spiro atoms. The van der Waals surface area contributed by atoms with E-state index in [0.29, 0.717) is 0 Å². The van der Waals surface area contributed by atoms with E-state index in [2.05, 4.69) is 45.2 Å². The van der Waals surface area contributed by atoms with Gasteiger partial charge in [-0.15, -0.1) is 0 Å². The number of nitrogens with one attached hydrogen (secondary N) is 1. The molecule has 1 saturated heterocycles. The van der Waals surface area contributed by atoms with Gasteiger partial charge in [-0.1, -0.05) is 30.3 Å². The summed E-state index contributed by atoms with van der Waals surface area (Å²) in [7, 11) is 0. The summed E-state index contributed by atoms with van der Waals surface area (Å²) in [6.45, 7) is 2.48. The Kier molecular flexibility index (Phi) is 4.47. The van der Waals surface area contributed by atoms with E-state index in [4.69, 9.17) is 0 Å². The van der Waals surface area contributed by atoms with Crippen LogP contribution in [0.2, 0.25) is 0 Å². The number of imidazole rings is 1. The number of hydrogen-bond acceptors (Lipinski definition) is 2. The number of aromatic nitrogens is 2. The molecule has 1 aliphatic carbocycles. The Labute approximate surface area is 139 Å². The Morgan fingerprint density at radius 1 is 1.13 bits per heavy atom. The van der Waals surface area contributed by atoms with Gasteiger partial charge in [0.25, 0.3) is 0 Å². The molecule has 3 heteroatoms. The lowest BCUT2D eigenvalue weighted by molar-refractivity contribution is 0.152. The van der Waals surface area contributed by atoms with Crippen LogP contribution in [0.1, 0.15) is 36.9 Å². The van der Waals surface area contributed by atoms with Crippen molar-refractivity contribution < 1.29 is 0 Å². The molecule has 1 N–H and O–H groups in total. The highest BCUT2D eigenvalue weighted by molar-refractivity contribution is 5.15. The summed E-state index contributed by atoms with van der Waals surface area (Å²) < 4.78 is 0. The summed E-state index contributed by atoms with van der Waals surface area (Å²) >= 11 is 0. The summed E-state index contributed by atoms with van der Waals surface area (Å²) in [5.41, 5.74) is 2.79. The van der Waals surface area contributed by atoms with Gasteiger partial charge in [0.05, 0.1) is 6.33 Å². The average molecular weight is 309 g/mol. The van der Waals surface area contributed by atoms with E-state index < -0.39 is 0 Å². The molecule has 3 atom stereocenters. The monoisotopic (exact) mass is 309 g/mol. The van der Waals surface area contributed by atoms with Crippen molar-refractivity contribution in [1.82, 2.24) is 14.9 Å². The minimum absolute atomic E-state index is 0.838. The highest BCUT2D eigenvalue weighted by Crippen LogP contribution is 2.40. The fraction of sp³-hybridized carbons (Fsp3) is 0.550. The third-order valence-corrected chi connectivity index (χ3v) is 5.90. The van der Waals surface area contributed by atoms with Gasteiger partial charge in [-0.2, -0.15) is 0 Å². The molecule has 0 unspecified atom stereocenters. The van der Waals surface area contributed by atoms with E-state index in [9.17, 15) is 0 Å². The number of hydrogen-bond donors (Lipinski definition) is 1. The van der Waals surface area contributed by atoms with Gasteiger partial charge in [-0.05, 0) is 56.0 Å². The van der Waals surface area contributed by atoms with Crippen LogP contribution in [0.3, 0.4) is 0 Å². The number of benzene rings is 1. The molecule has 0 amide bonds. The first-order chi connectivity index (χ1) is 11.4. The molecule has 2 fully saturated rings. The first kappa shape index (κ1) is 14.9. The van der Waals surface area contributed by atoms with Gasteiger partial charge in [0, 0.05) is 30.9 Å². The van der Waals surface area contributed by atoms with Crippen LogP contribution in [0.15, 0.2) is 42.9 Å². The van der Waals surface area contributed by atoms with Crippen LogP contribution < -0.4 is 0 Å². The van der Waals surface area contributed by atoms with Gasteiger partial charge in [-0.25, -0.2) is 4.98 Å². The van der Waals surface area contributed by atoms with Crippen LogP contribution in [0.5, 0.6) is 0 Å². The Bertz CT molecular complexity index is 593. The number of nitrogens with zero attached hydrogens (tertiary/aromatic N) is 2. The molecule has 3 nitrogen and oxygen atoms in total. The Morgan fingerprint density at radius 2 is 2.04 bits per heavy atom. The maximum atomic E-state index is 4.12. The molecular weight excluding hydrogens is 282 g/mol. The summed E-state index contributed by atoms with van der Waals surface area (Å²) in [6, 6.07) is 11.9. The van der Waals surface area contributed by atoms with Crippen LogP contribution >= 0.6 is 0 Å². The Balaban J connectivity index is 1.30. The smallest absolute Gasteiger partial charge is 0.0921 e. The zero-order valence-electron chi connectivity index (χ0n) is 13.8. The molecule has 1 saturated carbocycles. The average Bonchev–Trinajstić information content (AvgIpc) is 3.23. The molecule has 2 heterocycles. The van der Waals surface area contributed by atoms with Crippen LogP contribution in [0.25, 0.3) is 0 Å². The number of aromatic amines is 1. The number of fused-ring (bicyclic) bond motifs is 1. The molecule has 1 aromatic carbocycles. The highest BCUT2D eigenvalue weighted by Gasteiger charge is 2.38. The Hall–Kier alpha value is -1.61. The predicted octanol–water partition coefficient (Wildman–Crippen LogP) is 3.69. The fourth-order valence-corrected chi connectivity index (χ4v) is 4.73. The molecule has 1 aliphatic heterocycles. The number of H-pyrrole nitrogens is 1. The molecule has 1 aromatic heterocycles. The van der Waals surface area contributed by atoms with Crippen molar-refractivity contribution in [3.05, 3.63) is 54.1 Å². The molecule has 2 aliphatic rings. The minimum Gasteiger partial charge on any atom is -0.348 e. The van der Waals surface area contributed by atoms with Gasteiger partial charge in [-0.3, -0.25) is 4.90 Å². The lowest BCUT2D eigenvalue weighted by Gasteiger charge is -2.36. The molecule has 2 aromatic rings. The van der Waals surface area contributed by atoms with Crippen molar-refractivity contribution in [3.8, 4) is 0 Å². The van der Waals surface area contributed by atoms with Crippen molar-refractivity contribution in [2.24, 2.45) is 11.8 Å². The first-order valence-corrected chi connectivity index (χ1v) is 9.14. The van der Waals surface area contributed by atoms with Gasteiger partial charge in [0.1, 0.15) is 0 Å². The number of rotatable bonds is 5.